The zero-order chi connectivity index (χ0) is 19.7. The first-order valence-electron chi connectivity index (χ1n) is 9.75. The summed E-state index contributed by atoms with van der Waals surface area (Å²) in [7, 11) is 0. The van der Waals surface area contributed by atoms with E-state index in [1.807, 2.05) is 31.2 Å². The highest BCUT2D eigenvalue weighted by Crippen LogP contribution is 2.26. The van der Waals surface area contributed by atoms with Crippen LogP contribution in [0.4, 0.5) is 5.82 Å². The maximum atomic E-state index is 13.1. The molecule has 1 aliphatic heterocycles. The maximum absolute atomic E-state index is 13.1. The average molecular weight is 379 g/mol. The molecule has 2 amide bonds. The van der Waals surface area contributed by atoms with Gasteiger partial charge >= 0.3 is 0 Å². The topological polar surface area (TPSA) is 91.8 Å². The molecule has 1 aromatic carbocycles. The van der Waals surface area contributed by atoms with Crippen LogP contribution >= 0.6 is 0 Å². The number of rotatable bonds is 5. The number of fused-ring (bicyclic) bond motifs is 2. The lowest BCUT2D eigenvalue weighted by Gasteiger charge is -2.17. The molecule has 7 nitrogen and oxygen atoms in total. The number of aryl methyl sites for hydroxylation is 1. The molecule has 0 bridgehead atoms. The van der Waals surface area contributed by atoms with Crippen LogP contribution in [0, 0.1) is 0 Å². The third kappa shape index (κ3) is 3.52. The molecular formula is C21H25N5O2. The molecule has 2 aromatic heterocycles. The van der Waals surface area contributed by atoms with Crippen molar-refractivity contribution in [3.8, 4) is 0 Å². The van der Waals surface area contributed by atoms with Crippen molar-refractivity contribution < 1.29 is 9.59 Å². The van der Waals surface area contributed by atoms with E-state index in [1.165, 1.54) is 6.92 Å². The van der Waals surface area contributed by atoms with Gasteiger partial charge in [-0.3, -0.25) is 9.59 Å². The quantitative estimate of drug-likeness (QED) is 0.636. The first-order chi connectivity index (χ1) is 13.5. The molecule has 28 heavy (non-hydrogen) atoms. The second kappa shape index (κ2) is 7.50. The molecule has 4 rings (SSSR count). The van der Waals surface area contributed by atoms with E-state index in [-0.39, 0.29) is 17.9 Å². The summed E-state index contributed by atoms with van der Waals surface area (Å²) in [6.45, 7) is 4.32. The Labute approximate surface area is 163 Å². The molecule has 0 unspecified atom stereocenters. The monoisotopic (exact) mass is 379 g/mol. The summed E-state index contributed by atoms with van der Waals surface area (Å²) in [6, 6.07) is 7.77. The number of carbonyl (C=O) groups is 2. The molecule has 0 fully saturated rings. The fourth-order valence-electron chi connectivity index (χ4n) is 4.00. The molecule has 146 valence electrons. The highest BCUT2D eigenvalue weighted by atomic mass is 16.2. The Morgan fingerprint density at radius 2 is 2.11 bits per heavy atom. The van der Waals surface area contributed by atoms with Crippen molar-refractivity contribution in [2.24, 2.45) is 0 Å². The van der Waals surface area contributed by atoms with Gasteiger partial charge in [0, 0.05) is 36.8 Å². The highest BCUT2D eigenvalue weighted by Gasteiger charge is 2.22. The summed E-state index contributed by atoms with van der Waals surface area (Å²) in [5, 5.41) is 6.92. The van der Waals surface area contributed by atoms with Gasteiger partial charge in [0.1, 0.15) is 17.3 Å². The first kappa shape index (κ1) is 18.3. The van der Waals surface area contributed by atoms with Crippen molar-refractivity contribution >= 4 is 28.5 Å². The number of nitrogens with zero attached hydrogens (tertiary/aromatic N) is 2. The number of amides is 2. The van der Waals surface area contributed by atoms with Gasteiger partial charge in [0.15, 0.2) is 0 Å². The number of imidazole rings is 1. The van der Waals surface area contributed by atoms with Crippen LogP contribution in [0.1, 0.15) is 48.6 Å². The summed E-state index contributed by atoms with van der Waals surface area (Å²) in [4.78, 5) is 32.2. The number of hydrogen-bond donors (Lipinski definition) is 3. The Kier molecular flexibility index (Phi) is 4.90. The lowest BCUT2D eigenvalue weighted by atomic mass is 10.0. The fraction of sp³-hybridized carbons (Fsp3) is 0.381. The van der Waals surface area contributed by atoms with E-state index < -0.39 is 0 Å². The van der Waals surface area contributed by atoms with Crippen LogP contribution in [-0.2, 0) is 24.2 Å². The molecule has 0 radical (unpaired) electrons. The normalized spacial score (nSPS) is 14.5. The summed E-state index contributed by atoms with van der Waals surface area (Å²) < 4.78 is 2.09. The maximum Gasteiger partial charge on any atom is 0.273 e. The third-order valence-electron chi connectivity index (χ3n) is 5.21. The number of nitrogens with one attached hydrogen (secondary N) is 3. The molecule has 3 N–H and O–H groups in total. The fourth-order valence-corrected chi connectivity index (χ4v) is 4.00. The van der Waals surface area contributed by atoms with Crippen molar-refractivity contribution in [3.63, 3.8) is 0 Å². The molecule has 1 aliphatic rings. The number of para-hydroxylation sites is 1. The number of hydrogen-bond acceptors (Lipinski definition) is 3. The smallest absolute Gasteiger partial charge is 0.273 e. The predicted octanol–water partition coefficient (Wildman–Crippen LogP) is 3.02. The van der Waals surface area contributed by atoms with E-state index in [9.17, 15) is 9.59 Å². The van der Waals surface area contributed by atoms with Gasteiger partial charge in [-0.2, -0.15) is 0 Å². The van der Waals surface area contributed by atoms with E-state index in [0.29, 0.717) is 12.1 Å². The van der Waals surface area contributed by atoms with Gasteiger partial charge in [-0.25, -0.2) is 4.98 Å². The van der Waals surface area contributed by atoms with Crippen molar-refractivity contribution in [2.75, 3.05) is 5.32 Å². The molecule has 7 heteroatoms. The summed E-state index contributed by atoms with van der Waals surface area (Å²) in [6.07, 6.45) is 5.48. The summed E-state index contributed by atoms with van der Waals surface area (Å²) >= 11 is 0. The Morgan fingerprint density at radius 1 is 1.29 bits per heavy atom. The largest absolute Gasteiger partial charge is 0.354 e. The summed E-state index contributed by atoms with van der Waals surface area (Å²) in [5.41, 5.74) is 2.35. The van der Waals surface area contributed by atoms with Gasteiger partial charge in [0.25, 0.3) is 5.91 Å². The van der Waals surface area contributed by atoms with Crippen LogP contribution < -0.4 is 10.6 Å². The predicted molar refractivity (Wildman–Crippen MR) is 108 cm³/mol. The Hall–Kier alpha value is -3.09. The second-order valence-electron chi connectivity index (χ2n) is 7.45. The molecule has 0 aliphatic carbocycles. The molecule has 3 heterocycles. The Bertz CT molecular complexity index is 1030. The standard InChI is InChI=1S/C21H25N5O2/c1-13(23-14(2)27)11-16-15-7-3-4-8-17(15)24-20(16)21(28)25-19-12-22-18-9-5-6-10-26(18)19/h3-4,7-8,12-13,24H,5-6,9-11H2,1-2H3,(H,23,27)(H,25,28)/t13-/m0/s1. The average Bonchev–Trinajstić information content (AvgIpc) is 3.23. The van der Waals surface area contributed by atoms with E-state index in [2.05, 4.69) is 25.2 Å². The number of H-pyrrole nitrogens is 1. The first-order valence-corrected chi connectivity index (χ1v) is 9.75. The minimum atomic E-state index is -0.186. The number of anilines is 1. The highest BCUT2D eigenvalue weighted by molar-refractivity contribution is 6.07. The number of aromatic nitrogens is 3. The van der Waals surface area contributed by atoms with E-state index in [0.717, 1.165) is 53.9 Å². The van der Waals surface area contributed by atoms with Crippen LogP contribution in [0.2, 0.25) is 0 Å². The summed E-state index contributed by atoms with van der Waals surface area (Å²) in [5.74, 6) is 1.50. The van der Waals surface area contributed by atoms with Crippen molar-refractivity contribution in [2.45, 2.75) is 52.1 Å². The van der Waals surface area contributed by atoms with Gasteiger partial charge in [0.05, 0.1) is 6.20 Å². The van der Waals surface area contributed by atoms with E-state index in [4.69, 9.17) is 0 Å². The number of aromatic amines is 1. The molecule has 0 spiro atoms. The van der Waals surface area contributed by atoms with Gasteiger partial charge in [-0.05, 0) is 37.8 Å². The van der Waals surface area contributed by atoms with Crippen LogP contribution in [0.25, 0.3) is 10.9 Å². The lowest BCUT2D eigenvalue weighted by Crippen LogP contribution is -2.32. The zero-order valence-corrected chi connectivity index (χ0v) is 16.2. The second-order valence-corrected chi connectivity index (χ2v) is 7.45. The van der Waals surface area contributed by atoms with Crippen molar-refractivity contribution in [3.05, 3.63) is 47.5 Å². The molecule has 0 saturated carbocycles. The lowest BCUT2D eigenvalue weighted by molar-refractivity contribution is -0.119. The molecule has 3 aromatic rings. The van der Waals surface area contributed by atoms with E-state index >= 15 is 0 Å². The minimum absolute atomic E-state index is 0.0778. The SMILES string of the molecule is CC(=O)N[C@@H](C)Cc1c(C(=O)Nc2cnc3n2CCCC3)[nH]c2ccccc12. The van der Waals surface area contributed by atoms with Crippen LogP contribution in [-0.4, -0.2) is 32.4 Å². The van der Waals surface area contributed by atoms with Crippen LogP contribution in [0.15, 0.2) is 30.5 Å². The molecule has 1 atom stereocenters. The number of benzene rings is 1. The van der Waals surface area contributed by atoms with Gasteiger partial charge < -0.3 is 20.2 Å². The Morgan fingerprint density at radius 3 is 2.93 bits per heavy atom. The van der Waals surface area contributed by atoms with Crippen LogP contribution in [0.5, 0.6) is 0 Å². The van der Waals surface area contributed by atoms with Gasteiger partial charge in [0.2, 0.25) is 5.91 Å². The minimum Gasteiger partial charge on any atom is -0.354 e. The third-order valence-corrected chi connectivity index (χ3v) is 5.21. The van der Waals surface area contributed by atoms with Crippen molar-refractivity contribution in [1.82, 2.24) is 19.9 Å². The Balaban J connectivity index is 1.65. The molecular weight excluding hydrogens is 354 g/mol. The molecule has 0 saturated heterocycles. The number of carbonyl (C=O) groups excluding carboxylic acids is 2. The van der Waals surface area contributed by atoms with Gasteiger partial charge in [-0.1, -0.05) is 18.2 Å². The van der Waals surface area contributed by atoms with Crippen LogP contribution in [0.3, 0.4) is 0 Å². The van der Waals surface area contributed by atoms with Gasteiger partial charge in [-0.15, -0.1) is 0 Å². The van der Waals surface area contributed by atoms with E-state index in [1.54, 1.807) is 6.20 Å². The van der Waals surface area contributed by atoms with Crippen molar-refractivity contribution in [1.29, 1.82) is 0 Å². The zero-order valence-electron chi connectivity index (χ0n) is 16.2.